The molecule has 3 aromatic carbocycles. The first kappa shape index (κ1) is 18.8. The van der Waals surface area contributed by atoms with Gasteiger partial charge in [0.25, 0.3) is 0 Å². The molecule has 0 aliphatic rings. The third-order valence-electron chi connectivity index (χ3n) is 4.77. The van der Waals surface area contributed by atoms with Gasteiger partial charge in [0.05, 0.1) is 36.1 Å². The van der Waals surface area contributed by atoms with Crippen LogP contribution in [0.2, 0.25) is 5.02 Å². The number of methoxy groups -OCH3 is 1. The fourth-order valence-corrected chi connectivity index (χ4v) is 3.53. The lowest BCUT2D eigenvalue weighted by Crippen LogP contribution is -2.09. The lowest BCUT2D eigenvalue weighted by Gasteiger charge is -2.14. The topological polar surface area (TPSA) is 63.2 Å². The summed E-state index contributed by atoms with van der Waals surface area (Å²) >= 11 is 6.04. The molecule has 142 valence electrons. The van der Waals surface area contributed by atoms with E-state index < -0.39 is 0 Å². The Bertz CT molecular complexity index is 1290. The molecule has 0 aliphatic heterocycles. The molecule has 5 heteroatoms. The van der Waals surface area contributed by atoms with Crippen molar-refractivity contribution in [3.05, 3.63) is 87.5 Å². The van der Waals surface area contributed by atoms with Crippen molar-refractivity contribution in [3.63, 3.8) is 0 Å². The van der Waals surface area contributed by atoms with Crippen LogP contribution in [0.5, 0.6) is 5.75 Å². The van der Waals surface area contributed by atoms with E-state index in [1.165, 1.54) is 7.11 Å². The van der Waals surface area contributed by atoms with E-state index in [9.17, 15) is 10.1 Å². The lowest BCUT2D eigenvalue weighted by molar-refractivity contribution is 0.410. The molecule has 1 aromatic heterocycles. The minimum absolute atomic E-state index is 0.0637. The van der Waals surface area contributed by atoms with Crippen LogP contribution in [0.15, 0.2) is 75.9 Å². The van der Waals surface area contributed by atoms with Crippen molar-refractivity contribution in [2.45, 2.75) is 6.42 Å². The smallest absolute Gasteiger partial charge is 0.201 e. The first-order valence-corrected chi connectivity index (χ1v) is 9.37. The van der Waals surface area contributed by atoms with Crippen LogP contribution in [0.1, 0.15) is 5.56 Å². The van der Waals surface area contributed by atoms with Crippen LogP contribution in [0.25, 0.3) is 33.4 Å². The van der Waals surface area contributed by atoms with Crippen LogP contribution in [0, 0.1) is 11.3 Å². The van der Waals surface area contributed by atoms with E-state index in [4.69, 9.17) is 20.8 Å². The second-order valence-electron chi connectivity index (χ2n) is 6.47. The van der Waals surface area contributed by atoms with Gasteiger partial charge in [-0.1, -0.05) is 41.9 Å². The summed E-state index contributed by atoms with van der Waals surface area (Å²) in [6.45, 7) is 0. The van der Waals surface area contributed by atoms with Crippen molar-refractivity contribution >= 4 is 22.6 Å². The van der Waals surface area contributed by atoms with Gasteiger partial charge in [-0.15, -0.1) is 0 Å². The number of ether oxygens (including phenoxy) is 1. The molecule has 0 atom stereocenters. The highest BCUT2D eigenvalue weighted by molar-refractivity contribution is 6.30. The number of halogens is 1. The van der Waals surface area contributed by atoms with E-state index in [2.05, 4.69) is 6.07 Å². The largest absolute Gasteiger partial charge is 0.496 e. The highest BCUT2D eigenvalue weighted by atomic mass is 35.5. The first-order valence-electron chi connectivity index (χ1n) is 8.99. The molecule has 4 aromatic rings. The Labute approximate surface area is 172 Å². The molecule has 0 aliphatic carbocycles. The Morgan fingerprint density at radius 2 is 1.72 bits per heavy atom. The molecule has 0 radical (unpaired) electrons. The minimum Gasteiger partial charge on any atom is -0.496 e. The van der Waals surface area contributed by atoms with Crippen molar-refractivity contribution in [2.75, 3.05) is 7.11 Å². The lowest BCUT2D eigenvalue weighted by atomic mass is 9.97. The standard InChI is InChI=1S/C24H16ClNO3/c1-28-20-12-11-19-22(27)21(15-5-3-2-4-6-15)23(16-7-9-17(25)10-8-16)29-24(19)18(20)13-14-26/h2-12H,13H2,1H3. The molecule has 0 N–H and O–H groups in total. The van der Waals surface area contributed by atoms with Gasteiger partial charge in [0.1, 0.15) is 17.1 Å². The number of nitriles is 1. The zero-order valence-corrected chi connectivity index (χ0v) is 16.4. The maximum atomic E-state index is 13.5. The number of benzene rings is 3. The Balaban J connectivity index is 2.14. The quantitative estimate of drug-likeness (QED) is 0.430. The second kappa shape index (κ2) is 7.83. The Hall–Kier alpha value is -3.55. The monoisotopic (exact) mass is 401 g/mol. The van der Waals surface area contributed by atoms with Gasteiger partial charge in [0.2, 0.25) is 5.43 Å². The molecule has 4 rings (SSSR count). The van der Waals surface area contributed by atoms with Gasteiger partial charge >= 0.3 is 0 Å². The van der Waals surface area contributed by atoms with Crippen molar-refractivity contribution in [3.8, 4) is 34.3 Å². The number of rotatable bonds is 4. The average molecular weight is 402 g/mol. The van der Waals surface area contributed by atoms with Crippen molar-refractivity contribution in [1.29, 1.82) is 5.26 Å². The van der Waals surface area contributed by atoms with E-state index in [0.717, 1.165) is 11.1 Å². The molecule has 0 spiro atoms. The van der Waals surface area contributed by atoms with Gasteiger partial charge in [0, 0.05) is 10.6 Å². The maximum absolute atomic E-state index is 13.5. The zero-order valence-electron chi connectivity index (χ0n) is 15.6. The van der Waals surface area contributed by atoms with E-state index in [1.807, 2.05) is 42.5 Å². The molecule has 1 heterocycles. The molecular weight excluding hydrogens is 386 g/mol. The third-order valence-corrected chi connectivity index (χ3v) is 5.02. The van der Waals surface area contributed by atoms with Crippen LogP contribution in [-0.4, -0.2) is 7.11 Å². The number of hydrogen-bond donors (Lipinski definition) is 0. The van der Waals surface area contributed by atoms with Crippen molar-refractivity contribution in [2.24, 2.45) is 0 Å². The summed E-state index contributed by atoms with van der Waals surface area (Å²) in [6.07, 6.45) is 0.0637. The summed E-state index contributed by atoms with van der Waals surface area (Å²) in [5.74, 6) is 0.939. The maximum Gasteiger partial charge on any atom is 0.201 e. The van der Waals surface area contributed by atoms with Gasteiger partial charge in [-0.25, -0.2) is 0 Å². The predicted molar refractivity (Wildman–Crippen MR) is 114 cm³/mol. The molecule has 0 saturated carbocycles. The van der Waals surface area contributed by atoms with Gasteiger partial charge in [-0.3, -0.25) is 4.79 Å². The second-order valence-corrected chi connectivity index (χ2v) is 6.90. The molecule has 0 bridgehead atoms. The highest BCUT2D eigenvalue weighted by Crippen LogP contribution is 2.36. The molecule has 4 nitrogen and oxygen atoms in total. The summed E-state index contributed by atoms with van der Waals surface area (Å²) in [4.78, 5) is 13.5. The summed E-state index contributed by atoms with van der Waals surface area (Å²) in [5, 5.41) is 10.3. The van der Waals surface area contributed by atoms with E-state index in [-0.39, 0.29) is 11.8 Å². The van der Waals surface area contributed by atoms with Crippen LogP contribution in [0.4, 0.5) is 0 Å². The fourth-order valence-electron chi connectivity index (χ4n) is 3.41. The molecule has 0 amide bonds. The third kappa shape index (κ3) is 3.37. The van der Waals surface area contributed by atoms with Gasteiger partial charge in [-0.2, -0.15) is 5.26 Å². The molecule has 0 unspecified atom stereocenters. The predicted octanol–water partition coefficient (Wildman–Crippen LogP) is 5.86. The van der Waals surface area contributed by atoms with Gasteiger partial charge in [0.15, 0.2) is 0 Å². The van der Waals surface area contributed by atoms with Gasteiger partial charge in [-0.05, 0) is 42.0 Å². The highest BCUT2D eigenvalue weighted by Gasteiger charge is 2.21. The zero-order chi connectivity index (χ0) is 20.4. The molecule has 0 saturated heterocycles. The number of fused-ring (bicyclic) bond motifs is 1. The summed E-state index contributed by atoms with van der Waals surface area (Å²) in [6, 6.07) is 22.0. The first-order chi connectivity index (χ1) is 14.1. The van der Waals surface area contributed by atoms with Crippen LogP contribution >= 0.6 is 11.6 Å². The normalized spacial score (nSPS) is 10.7. The summed E-state index contributed by atoms with van der Waals surface area (Å²) in [5.41, 5.74) is 2.70. The Morgan fingerprint density at radius 3 is 2.38 bits per heavy atom. The molecule has 0 fully saturated rings. The number of nitrogens with zero attached hydrogens (tertiary/aromatic N) is 1. The number of hydrogen-bond acceptors (Lipinski definition) is 4. The molecular formula is C24H16ClNO3. The van der Waals surface area contributed by atoms with Crippen LogP contribution in [-0.2, 0) is 6.42 Å². The van der Waals surface area contributed by atoms with Gasteiger partial charge < -0.3 is 9.15 Å². The van der Waals surface area contributed by atoms with E-state index in [1.54, 1.807) is 24.3 Å². The van der Waals surface area contributed by atoms with Crippen molar-refractivity contribution in [1.82, 2.24) is 0 Å². The summed E-state index contributed by atoms with van der Waals surface area (Å²) in [7, 11) is 1.53. The van der Waals surface area contributed by atoms with Crippen molar-refractivity contribution < 1.29 is 9.15 Å². The Kier molecular flexibility index (Phi) is 5.07. The van der Waals surface area contributed by atoms with E-state index >= 15 is 0 Å². The minimum atomic E-state index is -0.163. The SMILES string of the molecule is COc1ccc2c(=O)c(-c3ccccc3)c(-c3ccc(Cl)cc3)oc2c1CC#N. The van der Waals surface area contributed by atoms with Crippen LogP contribution in [0.3, 0.4) is 0 Å². The van der Waals surface area contributed by atoms with Crippen LogP contribution < -0.4 is 10.2 Å². The van der Waals surface area contributed by atoms with E-state index in [0.29, 0.717) is 38.6 Å². The fraction of sp³-hybridized carbons (Fsp3) is 0.0833. The molecule has 29 heavy (non-hydrogen) atoms. The summed E-state index contributed by atoms with van der Waals surface area (Å²) < 4.78 is 11.7. The Morgan fingerprint density at radius 1 is 1.00 bits per heavy atom. The average Bonchev–Trinajstić information content (AvgIpc) is 2.75.